The third kappa shape index (κ3) is 4.55. The Hall–Kier alpha value is -2.68. The van der Waals surface area contributed by atoms with Gasteiger partial charge in [0.05, 0.1) is 11.9 Å². The van der Waals surface area contributed by atoms with Gasteiger partial charge in [-0.25, -0.2) is 18.3 Å². The van der Waals surface area contributed by atoms with Crippen LogP contribution in [-0.2, 0) is 4.74 Å². The summed E-state index contributed by atoms with van der Waals surface area (Å²) in [6.45, 7) is 4.28. The number of hydrogen-bond acceptors (Lipinski definition) is 4. The molecule has 178 valence electrons. The van der Waals surface area contributed by atoms with E-state index in [0.717, 1.165) is 45.2 Å². The van der Waals surface area contributed by atoms with Crippen LogP contribution in [0.4, 0.5) is 19.3 Å². The van der Waals surface area contributed by atoms with Crippen LogP contribution in [0.5, 0.6) is 0 Å². The van der Waals surface area contributed by atoms with Crippen molar-refractivity contribution in [2.45, 2.75) is 44.8 Å². The number of amides is 2. The van der Waals surface area contributed by atoms with Crippen molar-refractivity contribution in [1.82, 2.24) is 19.6 Å². The summed E-state index contributed by atoms with van der Waals surface area (Å²) in [5, 5.41) is 4.31. The Labute approximate surface area is 192 Å². The molecule has 0 saturated carbocycles. The molecule has 33 heavy (non-hydrogen) atoms. The zero-order chi connectivity index (χ0) is 22.8. The Kier molecular flexibility index (Phi) is 6.48. The normalized spacial score (nSPS) is 22.0. The molecule has 2 amide bonds. The minimum atomic E-state index is -0.872. The highest BCUT2D eigenvalue weighted by Crippen LogP contribution is 2.32. The van der Waals surface area contributed by atoms with Gasteiger partial charge < -0.3 is 19.4 Å². The number of piperidine rings is 1. The molecule has 4 heterocycles. The van der Waals surface area contributed by atoms with Crippen molar-refractivity contribution >= 4 is 11.7 Å². The lowest BCUT2D eigenvalue weighted by Gasteiger charge is -2.39. The van der Waals surface area contributed by atoms with Crippen LogP contribution in [0.1, 0.15) is 44.8 Å². The van der Waals surface area contributed by atoms with E-state index in [9.17, 15) is 4.79 Å². The van der Waals surface area contributed by atoms with Gasteiger partial charge in [-0.2, -0.15) is 5.10 Å². The molecule has 0 aliphatic carbocycles. The van der Waals surface area contributed by atoms with Gasteiger partial charge in [-0.1, -0.05) is 0 Å². The first-order valence-corrected chi connectivity index (χ1v) is 12.0. The predicted molar refractivity (Wildman–Crippen MR) is 121 cm³/mol. The topological polar surface area (TPSA) is 53.8 Å². The van der Waals surface area contributed by atoms with Crippen molar-refractivity contribution in [2.24, 2.45) is 0 Å². The van der Waals surface area contributed by atoms with Crippen molar-refractivity contribution in [3.8, 4) is 11.1 Å². The van der Waals surface area contributed by atoms with Crippen molar-refractivity contribution < 1.29 is 18.3 Å². The first kappa shape index (κ1) is 22.1. The minimum Gasteiger partial charge on any atom is -0.366 e. The van der Waals surface area contributed by atoms with E-state index in [-0.39, 0.29) is 23.5 Å². The largest absolute Gasteiger partial charge is 0.366 e. The number of nitrogens with zero attached hydrogens (tertiary/aromatic N) is 5. The fraction of sp³-hybridized carbons (Fsp3) is 0.583. The number of carbonyl (C=O) groups is 1. The summed E-state index contributed by atoms with van der Waals surface area (Å²) in [5.41, 5.74) is 0.964. The van der Waals surface area contributed by atoms with E-state index in [1.54, 1.807) is 29.2 Å². The molecule has 3 aliphatic rings. The molecular formula is C24H31F2N5O2. The van der Waals surface area contributed by atoms with Gasteiger partial charge in [0, 0.05) is 63.2 Å². The number of benzene rings is 1. The molecule has 0 bridgehead atoms. The van der Waals surface area contributed by atoms with Gasteiger partial charge >= 0.3 is 6.03 Å². The summed E-state index contributed by atoms with van der Waals surface area (Å²) in [6, 6.07) is 3.31. The minimum absolute atomic E-state index is 0.0651. The Bertz CT molecular complexity index is 977. The zero-order valence-electron chi connectivity index (χ0n) is 18.9. The second-order valence-corrected chi connectivity index (χ2v) is 9.09. The number of urea groups is 1. The van der Waals surface area contributed by atoms with Gasteiger partial charge in [0.2, 0.25) is 0 Å². The highest BCUT2D eigenvalue weighted by Gasteiger charge is 2.28. The van der Waals surface area contributed by atoms with Crippen LogP contribution in [0.15, 0.2) is 24.5 Å². The van der Waals surface area contributed by atoms with E-state index in [1.807, 2.05) is 14.7 Å². The number of piperazine rings is 1. The van der Waals surface area contributed by atoms with Gasteiger partial charge in [-0.3, -0.25) is 0 Å². The molecule has 1 unspecified atom stereocenters. The highest BCUT2D eigenvalue weighted by molar-refractivity contribution is 5.75. The second kappa shape index (κ2) is 9.67. The molecule has 2 aromatic rings. The Morgan fingerprint density at radius 2 is 1.67 bits per heavy atom. The number of anilines is 1. The summed E-state index contributed by atoms with van der Waals surface area (Å²) < 4.78 is 37.6. The van der Waals surface area contributed by atoms with E-state index in [2.05, 4.69) is 5.10 Å². The molecule has 1 aromatic carbocycles. The Morgan fingerprint density at radius 3 is 2.39 bits per heavy atom. The molecule has 9 heteroatoms. The molecule has 0 spiro atoms. The quantitative estimate of drug-likeness (QED) is 0.689. The van der Waals surface area contributed by atoms with Crippen LogP contribution in [-0.4, -0.2) is 71.5 Å². The van der Waals surface area contributed by atoms with Gasteiger partial charge in [0.1, 0.15) is 6.23 Å². The lowest BCUT2D eigenvalue weighted by atomic mass is 10.1. The van der Waals surface area contributed by atoms with E-state index in [0.29, 0.717) is 38.3 Å². The lowest BCUT2D eigenvalue weighted by molar-refractivity contribution is -0.0394. The summed E-state index contributed by atoms with van der Waals surface area (Å²) in [6.07, 6.45) is 9.37. The number of aromatic nitrogens is 2. The van der Waals surface area contributed by atoms with E-state index in [4.69, 9.17) is 4.74 Å². The lowest BCUT2D eigenvalue weighted by Crippen LogP contribution is -2.53. The van der Waals surface area contributed by atoms with Gasteiger partial charge in [0.15, 0.2) is 11.6 Å². The summed E-state index contributed by atoms with van der Waals surface area (Å²) in [7, 11) is 0. The van der Waals surface area contributed by atoms with Crippen molar-refractivity contribution in [3.63, 3.8) is 0 Å². The number of hydrogen-bond donors (Lipinski definition) is 0. The van der Waals surface area contributed by atoms with Crippen LogP contribution in [0, 0.1) is 11.6 Å². The van der Waals surface area contributed by atoms with Crippen molar-refractivity contribution in [1.29, 1.82) is 0 Å². The van der Waals surface area contributed by atoms with Gasteiger partial charge in [-0.05, 0) is 50.7 Å². The fourth-order valence-corrected chi connectivity index (χ4v) is 5.00. The average Bonchev–Trinajstić information content (AvgIpc) is 3.36. The molecule has 5 rings (SSSR count). The number of halogens is 2. The monoisotopic (exact) mass is 459 g/mol. The maximum absolute atomic E-state index is 15.1. The molecule has 0 radical (unpaired) electrons. The maximum Gasteiger partial charge on any atom is 0.320 e. The maximum atomic E-state index is 15.1. The first-order chi connectivity index (χ1) is 16.1. The number of ether oxygens (including phenoxy) is 1. The summed E-state index contributed by atoms with van der Waals surface area (Å²) >= 11 is 0. The molecular weight excluding hydrogens is 428 g/mol. The molecule has 3 aliphatic heterocycles. The second-order valence-electron chi connectivity index (χ2n) is 9.09. The van der Waals surface area contributed by atoms with E-state index >= 15 is 8.78 Å². The van der Waals surface area contributed by atoms with Crippen LogP contribution in [0.25, 0.3) is 11.1 Å². The van der Waals surface area contributed by atoms with Crippen LogP contribution < -0.4 is 4.90 Å². The SMILES string of the molecule is O=C(N1CCCCC1)N1CCN(c2ccc(-c3cnn(C4CCCCO4)c3)c(F)c2F)CC1. The third-order valence-corrected chi connectivity index (χ3v) is 6.94. The summed E-state index contributed by atoms with van der Waals surface area (Å²) in [4.78, 5) is 18.3. The van der Waals surface area contributed by atoms with Crippen molar-refractivity contribution in [3.05, 3.63) is 36.2 Å². The van der Waals surface area contributed by atoms with Crippen LogP contribution >= 0.6 is 0 Å². The standard InChI is InChI=1S/C24H31F2N5O2/c25-22-19(18-16-27-31(17-18)21-6-2-5-15-33-21)7-8-20(23(22)26)28-11-13-30(14-12-28)24(32)29-9-3-1-4-10-29/h7-8,16-17,21H,1-6,9-15H2. The molecule has 0 N–H and O–H groups in total. The molecule has 7 nitrogen and oxygen atoms in total. The molecule has 3 fully saturated rings. The number of likely N-dealkylation sites (tertiary alicyclic amines) is 1. The first-order valence-electron chi connectivity index (χ1n) is 12.0. The van der Waals surface area contributed by atoms with Crippen LogP contribution in [0.3, 0.4) is 0 Å². The smallest absolute Gasteiger partial charge is 0.320 e. The third-order valence-electron chi connectivity index (χ3n) is 6.94. The highest BCUT2D eigenvalue weighted by atomic mass is 19.2. The predicted octanol–water partition coefficient (Wildman–Crippen LogP) is 4.26. The average molecular weight is 460 g/mol. The number of carbonyl (C=O) groups excluding carboxylic acids is 1. The van der Waals surface area contributed by atoms with Crippen molar-refractivity contribution in [2.75, 3.05) is 50.8 Å². The zero-order valence-corrected chi connectivity index (χ0v) is 18.9. The molecule has 3 saturated heterocycles. The van der Waals surface area contributed by atoms with E-state index < -0.39 is 11.6 Å². The fourth-order valence-electron chi connectivity index (χ4n) is 5.00. The van der Waals surface area contributed by atoms with Crippen LogP contribution in [0.2, 0.25) is 0 Å². The Balaban J connectivity index is 1.26. The van der Waals surface area contributed by atoms with E-state index in [1.165, 1.54) is 6.42 Å². The Morgan fingerprint density at radius 1 is 0.909 bits per heavy atom. The van der Waals surface area contributed by atoms with Gasteiger partial charge in [-0.15, -0.1) is 0 Å². The summed E-state index contributed by atoms with van der Waals surface area (Å²) in [5.74, 6) is -1.73. The molecule has 1 atom stereocenters. The van der Waals surface area contributed by atoms with Gasteiger partial charge in [0.25, 0.3) is 0 Å². The molecule has 1 aromatic heterocycles. The number of rotatable bonds is 3.